The van der Waals surface area contributed by atoms with Crippen molar-refractivity contribution in [3.8, 4) is 0 Å². The number of hydrogen-bond donors (Lipinski definition) is 3. The summed E-state index contributed by atoms with van der Waals surface area (Å²) in [5.74, 6) is 0.536. The lowest BCUT2D eigenvalue weighted by Crippen LogP contribution is -2.34. The Morgan fingerprint density at radius 1 is 1.45 bits per heavy atom. The summed E-state index contributed by atoms with van der Waals surface area (Å²) in [7, 11) is 0. The predicted molar refractivity (Wildman–Crippen MR) is 71.0 cm³/mol. The highest BCUT2D eigenvalue weighted by atomic mass is 16.3. The first kappa shape index (κ1) is 12.9. The number of fused-ring (bicyclic) bond motifs is 1. The largest absolute Gasteiger partial charge is 0.395 e. The van der Waals surface area contributed by atoms with Gasteiger partial charge in [-0.2, -0.15) is 5.10 Å². The number of carbonyl (C=O) groups excluding carboxylic acids is 1. The topological polar surface area (TPSA) is 97.9 Å². The number of imidazole rings is 1. The van der Waals surface area contributed by atoms with Gasteiger partial charge in [0.2, 0.25) is 0 Å². The van der Waals surface area contributed by atoms with Crippen molar-refractivity contribution in [1.29, 1.82) is 0 Å². The highest BCUT2D eigenvalue weighted by Gasteiger charge is 2.26. The summed E-state index contributed by atoms with van der Waals surface area (Å²) < 4.78 is 0. The standard InChI is InChI=1S/C13H17N5O2/c19-7-6-18(8-11-14-4-5-15-11)13(20)12-9-2-1-3-10(9)16-17-12/h4-5,19H,1-3,6-8H2,(H,14,15)(H,16,17). The zero-order valence-electron chi connectivity index (χ0n) is 11.1. The molecule has 0 aromatic carbocycles. The number of aliphatic hydroxyl groups is 1. The van der Waals surface area contributed by atoms with Gasteiger partial charge in [-0.3, -0.25) is 9.89 Å². The Balaban J connectivity index is 1.81. The van der Waals surface area contributed by atoms with E-state index in [1.54, 1.807) is 17.3 Å². The maximum Gasteiger partial charge on any atom is 0.275 e. The van der Waals surface area contributed by atoms with Gasteiger partial charge in [-0.1, -0.05) is 0 Å². The van der Waals surface area contributed by atoms with Crippen LogP contribution in [0.1, 0.15) is 34.0 Å². The van der Waals surface area contributed by atoms with Crippen molar-refractivity contribution in [3.05, 3.63) is 35.2 Å². The number of aryl methyl sites for hydroxylation is 1. The highest BCUT2D eigenvalue weighted by molar-refractivity contribution is 5.94. The summed E-state index contributed by atoms with van der Waals surface area (Å²) in [6.07, 6.45) is 6.25. The van der Waals surface area contributed by atoms with Crippen LogP contribution in [0.4, 0.5) is 0 Å². The average molecular weight is 275 g/mol. The van der Waals surface area contributed by atoms with Gasteiger partial charge < -0.3 is 15.0 Å². The number of aliphatic hydroxyl groups excluding tert-OH is 1. The van der Waals surface area contributed by atoms with Crippen LogP contribution in [0.3, 0.4) is 0 Å². The minimum absolute atomic E-state index is 0.0843. The molecule has 1 amide bonds. The third kappa shape index (κ3) is 2.32. The minimum Gasteiger partial charge on any atom is -0.395 e. The number of aromatic nitrogens is 4. The fourth-order valence-corrected chi connectivity index (χ4v) is 2.58. The second kappa shape index (κ2) is 5.46. The van der Waals surface area contributed by atoms with Gasteiger partial charge in [0.1, 0.15) is 5.82 Å². The summed E-state index contributed by atoms with van der Waals surface area (Å²) >= 11 is 0. The number of aromatic amines is 2. The molecule has 1 aliphatic carbocycles. The Morgan fingerprint density at radius 2 is 2.35 bits per heavy atom. The molecule has 0 fully saturated rings. The second-order valence-corrected chi connectivity index (χ2v) is 4.87. The maximum absolute atomic E-state index is 12.6. The monoisotopic (exact) mass is 275 g/mol. The molecule has 0 saturated heterocycles. The van der Waals surface area contributed by atoms with Gasteiger partial charge in [-0.25, -0.2) is 4.98 Å². The lowest BCUT2D eigenvalue weighted by atomic mass is 10.2. The maximum atomic E-state index is 12.6. The summed E-state index contributed by atoms with van der Waals surface area (Å²) in [4.78, 5) is 21.2. The lowest BCUT2D eigenvalue weighted by molar-refractivity contribution is 0.0696. The van der Waals surface area contributed by atoms with E-state index >= 15 is 0 Å². The van der Waals surface area contributed by atoms with Crippen molar-refractivity contribution < 1.29 is 9.90 Å². The number of nitrogens with one attached hydrogen (secondary N) is 2. The van der Waals surface area contributed by atoms with E-state index in [1.165, 1.54) is 0 Å². The first-order valence-electron chi connectivity index (χ1n) is 6.74. The van der Waals surface area contributed by atoms with Crippen LogP contribution >= 0.6 is 0 Å². The molecule has 1 aliphatic rings. The summed E-state index contributed by atoms with van der Waals surface area (Å²) in [6.45, 7) is 0.522. The van der Waals surface area contributed by atoms with Gasteiger partial charge in [-0.05, 0) is 19.3 Å². The van der Waals surface area contributed by atoms with Gasteiger partial charge in [0, 0.05) is 30.2 Å². The number of rotatable bonds is 5. The number of carbonyl (C=O) groups is 1. The molecule has 0 bridgehead atoms. The number of hydrogen-bond acceptors (Lipinski definition) is 4. The summed E-state index contributed by atoms with van der Waals surface area (Å²) in [6, 6.07) is 0. The number of nitrogens with zero attached hydrogens (tertiary/aromatic N) is 3. The van der Waals surface area contributed by atoms with Gasteiger partial charge >= 0.3 is 0 Å². The van der Waals surface area contributed by atoms with Crippen molar-refractivity contribution in [1.82, 2.24) is 25.1 Å². The molecule has 0 spiro atoms. The molecule has 2 heterocycles. The molecule has 3 N–H and O–H groups in total. The van der Waals surface area contributed by atoms with Crippen LogP contribution in [0.25, 0.3) is 0 Å². The van der Waals surface area contributed by atoms with Crippen LogP contribution < -0.4 is 0 Å². The first-order valence-corrected chi connectivity index (χ1v) is 6.74. The molecule has 0 atom stereocenters. The highest BCUT2D eigenvalue weighted by Crippen LogP contribution is 2.23. The molecular formula is C13H17N5O2. The molecule has 0 radical (unpaired) electrons. The predicted octanol–water partition coefficient (Wildman–Crippen LogP) is 0.256. The fourth-order valence-electron chi connectivity index (χ4n) is 2.58. The van der Waals surface area contributed by atoms with E-state index in [1.807, 2.05) is 0 Å². The molecule has 7 heteroatoms. The smallest absolute Gasteiger partial charge is 0.275 e. The van der Waals surface area contributed by atoms with Gasteiger partial charge in [0.15, 0.2) is 5.69 Å². The van der Waals surface area contributed by atoms with Gasteiger partial charge in [-0.15, -0.1) is 0 Å². The quantitative estimate of drug-likeness (QED) is 0.729. The molecule has 20 heavy (non-hydrogen) atoms. The number of H-pyrrole nitrogens is 2. The SMILES string of the molecule is O=C(c1n[nH]c2c1CCC2)N(CCO)Cc1ncc[nH]1. The number of amides is 1. The second-order valence-electron chi connectivity index (χ2n) is 4.87. The van der Waals surface area contributed by atoms with Crippen LogP contribution in [0.2, 0.25) is 0 Å². The van der Waals surface area contributed by atoms with E-state index in [4.69, 9.17) is 5.11 Å². The molecule has 106 valence electrons. The fraction of sp³-hybridized carbons (Fsp3) is 0.462. The first-order chi connectivity index (χ1) is 9.79. The lowest BCUT2D eigenvalue weighted by Gasteiger charge is -2.20. The van der Waals surface area contributed by atoms with E-state index in [0.29, 0.717) is 18.1 Å². The van der Waals surface area contributed by atoms with Crippen LogP contribution in [0.15, 0.2) is 12.4 Å². The van der Waals surface area contributed by atoms with E-state index in [2.05, 4.69) is 20.2 Å². The van der Waals surface area contributed by atoms with Crippen molar-refractivity contribution in [2.45, 2.75) is 25.8 Å². The zero-order chi connectivity index (χ0) is 13.9. The molecule has 0 saturated carbocycles. The van der Waals surface area contributed by atoms with Crippen LogP contribution in [0, 0.1) is 0 Å². The Labute approximate surface area is 116 Å². The van der Waals surface area contributed by atoms with E-state index in [9.17, 15) is 4.79 Å². The van der Waals surface area contributed by atoms with Crippen molar-refractivity contribution >= 4 is 5.91 Å². The third-order valence-electron chi connectivity index (χ3n) is 3.56. The molecule has 7 nitrogen and oxygen atoms in total. The molecule has 2 aromatic rings. The average Bonchev–Trinajstić information content (AvgIpc) is 3.14. The summed E-state index contributed by atoms with van der Waals surface area (Å²) in [5, 5.41) is 16.2. The molecular weight excluding hydrogens is 258 g/mol. The van der Waals surface area contributed by atoms with E-state index in [0.717, 1.165) is 30.5 Å². The van der Waals surface area contributed by atoms with E-state index < -0.39 is 0 Å². The Hall–Kier alpha value is -2.15. The normalized spacial score (nSPS) is 13.4. The Morgan fingerprint density at radius 3 is 3.10 bits per heavy atom. The van der Waals surface area contributed by atoms with Crippen LogP contribution in [-0.2, 0) is 19.4 Å². The summed E-state index contributed by atoms with van der Waals surface area (Å²) in [5.41, 5.74) is 2.57. The van der Waals surface area contributed by atoms with Gasteiger partial charge in [0.05, 0.1) is 13.2 Å². The molecule has 0 unspecified atom stereocenters. The van der Waals surface area contributed by atoms with Crippen molar-refractivity contribution in [2.24, 2.45) is 0 Å². The van der Waals surface area contributed by atoms with E-state index in [-0.39, 0.29) is 19.1 Å². The molecule has 0 aliphatic heterocycles. The van der Waals surface area contributed by atoms with Crippen molar-refractivity contribution in [2.75, 3.05) is 13.2 Å². The zero-order valence-corrected chi connectivity index (χ0v) is 11.1. The van der Waals surface area contributed by atoms with Crippen LogP contribution in [-0.4, -0.2) is 49.2 Å². The molecule has 2 aromatic heterocycles. The Bertz CT molecular complexity index is 590. The minimum atomic E-state index is -0.158. The Kier molecular flexibility index (Phi) is 3.51. The van der Waals surface area contributed by atoms with Crippen molar-refractivity contribution in [3.63, 3.8) is 0 Å². The van der Waals surface area contributed by atoms with Crippen LogP contribution in [0.5, 0.6) is 0 Å². The van der Waals surface area contributed by atoms with Gasteiger partial charge in [0.25, 0.3) is 5.91 Å². The third-order valence-corrected chi connectivity index (χ3v) is 3.56. The molecule has 3 rings (SSSR count).